The average molecular weight is 637 g/mol. The fraction of sp³-hybridized carbons (Fsp3) is 0.278. The predicted molar refractivity (Wildman–Crippen MR) is 180 cm³/mol. The number of carboxylic acids is 1. The molecule has 3 amide bonds. The van der Waals surface area contributed by atoms with Gasteiger partial charge in [0.15, 0.2) is 0 Å². The second-order valence-electron chi connectivity index (χ2n) is 12.1. The van der Waals surface area contributed by atoms with Crippen LogP contribution in [0.15, 0.2) is 91.3 Å². The Morgan fingerprint density at radius 1 is 0.660 bits per heavy atom. The maximum atomic E-state index is 14.0. The SMILES string of the molecule is CC(C)C(NC(=O)C(Cc1ccccc1)NC(=O)C(Cc1c[nH]c2ccccc12)NC(=O)C(N)Cc1c[nH]c2ccccc12)C(=O)O. The van der Waals surface area contributed by atoms with Crippen molar-refractivity contribution < 1.29 is 24.3 Å². The van der Waals surface area contributed by atoms with E-state index in [1.54, 1.807) is 20.0 Å². The summed E-state index contributed by atoms with van der Waals surface area (Å²) in [6, 6.07) is 20.1. The molecule has 11 nitrogen and oxygen atoms in total. The standard InChI is InChI=1S/C36H40N6O5/c1-21(2)32(36(46)47)42-35(45)30(16-22-10-4-3-5-11-22)41-34(44)31(18-24-20-39-29-15-9-7-13-26(24)29)40-33(43)27(37)17-23-19-38-28-14-8-6-12-25(23)28/h3-15,19-21,27,30-32,38-39H,16-18,37H2,1-2H3,(H,40,43)(H,41,44)(H,42,45)(H,46,47). The Hall–Kier alpha value is -5.42. The second kappa shape index (κ2) is 14.8. The van der Waals surface area contributed by atoms with Crippen LogP contribution in [-0.2, 0) is 38.4 Å². The number of carbonyl (C=O) groups excluding carboxylic acids is 3. The number of carbonyl (C=O) groups is 4. The lowest BCUT2D eigenvalue weighted by atomic mass is 10.00. The zero-order chi connectivity index (χ0) is 33.5. The third-order valence-electron chi connectivity index (χ3n) is 8.33. The molecule has 5 aromatic rings. The van der Waals surface area contributed by atoms with Crippen molar-refractivity contribution in [3.63, 3.8) is 0 Å². The van der Waals surface area contributed by atoms with Gasteiger partial charge in [0.05, 0.1) is 6.04 Å². The quantitative estimate of drug-likeness (QED) is 0.0982. The first kappa shape index (κ1) is 33.0. The predicted octanol–water partition coefficient (Wildman–Crippen LogP) is 3.20. The number of para-hydroxylation sites is 2. The van der Waals surface area contributed by atoms with E-state index in [4.69, 9.17) is 5.73 Å². The summed E-state index contributed by atoms with van der Waals surface area (Å²) in [7, 11) is 0. The van der Waals surface area contributed by atoms with Crippen LogP contribution < -0.4 is 21.7 Å². The largest absolute Gasteiger partial charge is 0.480 e. The molecular weight excluding hydrogens is 596 g/mol. The van der Waals surface area contributed by atoms with E-state index in [1.165, 1.54) is 0 Å². The monoisotopic (exact) mass is 636 g/mol. The molecule has 0 aliphatic heterocycles. The number of aliphatic carboxylic acids is 1. The van der Waals surface area contributed by atoms with E-state index in [0.717, 1.165) is 38.5 Å². The molecule has 8 N–H and O–H groups in total. The number of H-pyrrole nitrogens is 2. The van der Waals surface area contributed by atoms with Crippen LogP contribution in [0.4, 0.5) is 0 Å². The third kappa shape index (κ3) is 8.06. The summed E-state index contributed by atoms with van der Waals surface area (Å²) in [6.07, 6.45) is 4.07. The van der Waals surface area contributed by atoms with Gasteiger partial charge in [0.2, 0.25) is 17.7 Å². The molecular formula is C36H40N6O5. The molecule has 0 aliphatic rings. The highest BCUT2D eigenvalue weighted by Crippen LogP contribution is 2.21. The highest BCUT2D eigenvalue weighted by molar-refractivity contribution is 5.95. The van der Waals surface area contributed by atoms with Crippen molar-refractivity contribution in [2.45, 2.75) is 57.3 Å². The molecule has 0 saturated heterocycles. The Kier molecular flexibility index (Phi) is 10.4. The van der Waals surface area contributed by atoms with Crippen LogP contribution in [0.25, 0.3) is 21.8 Å². The van der Waals surface area contributed by atoms with Crippen molar-refractivity contribution in [3.05, 3.63) is 108 Å². The van der Waals surface area contributed by atoms with E-state index in [9.17, 15) is 24.3 Å². The summed E-state index contributed by atoms with van der Waals surface area (Å²) in [4.78, 5) is 59.4. The molecule has 47 heavy (non-hydrogen) atoms. The molecule has 244 valence electrons. The van der Waals surface area contributed by atoms with E-state index in [1.807, 2.05) is 85.1 Å². The van der Waals surface area contributed by atoms with Gasteiger partial charge in [-0.05, 0) is 41.2 Å². The first-order chi connectivity index (χ1) is 22.6. The number of fused-ring (bicyclic) bond motifs is 2. The molecule has 0 radical (unpaired) electrons. The number of hydrogen-bond acceptors (Lipinski definition) is 5. The summed E-state index contributed by atoms with van der Waals surface area (Å²) in [5.41, 5.74) is 10.6. The van der Waals surface area contributed by atoms with Gasteiger partial charge in [-0.3, -0.25) is 14.4 Å². The van der Waals surface area contributed by atoms with Gasteiger partial charge in [0.1, 0.15) is 18.1 Å². The number of nitrogens with two attached hydrogens (primary N) is 1. The summed E-state index contributed by atoms with van der Waals surface area (Å²) >= 11 is 0. The van der Waals surface area contributed by atoms with Crippen molar-refractivity contribution in [2.75, 3.05) is 0 Å². The maximum Gasteiger partial charge on any atom is 0.326 e. The number of benzene rings is 3. The Bertz CT molecular complexity index is 1860. The maximum absolute atomic E-state index is 14.0. The van der Waals surface area contributed by atoms with E-state index in [0.29, 0.717) is 0 Å². The molecule has 0 aliphatic carbocycles. The number of rotatable bonds is 14. The van der Waals surface area contributed by atoms with Crippen LogP contribution in [0, 0.1) is 5.92 Å². The summed E-state index contributed by atoms with van der Waals surface area (Å²) in [6.45, 7) is 3.38. The molecule has 4 atom stereocenters. The minimum atomic E-state index is -1.17. The normalized spacial score (nSPS) is 14.0. The number of aromatic amines is 2. The number of hydrogen-bond donors (Lipinski definition) is 7. The van der Waals surface area contributed by atoms with E-state index < -0.39 is 53.8 Å². The van der Waals surface area contributed by atoms with Crippen LogP contribution in [0.2, 0.25) is 0 Å². The summed E-state index contributed by atoms with van der Waals surface area (Å²) < 4.78 is 0. The topological polar surface area (TPSA) is 182 Å². The van der Waals surface area contributed by atoms with Gasteiger partial charge >= 0.3 is 5.97 Å². The zero-order valence-corrected chi connectivity index (χ0v) is 26.3. The lowest BCUT2D eigenvalue weighted by molar-refractivity contribution is -0.143. The minimum Gasteiger partial charge on any atom is -0.480 e. The number of carboxylic acid groups (broad SMARTS) is 1. The van der Waals surface area contributed by atoms with Crippen molar-refractivity contribution in [3.8, 4) is 0 Å². The molecule has 2 aromatic heterocycles. The van der Waals surface area contributed by atoms with Gasteiger partial charge in [-0.1, -0.05) is 80.6 Å². The lowest BCUT2D eigenvalue weighted by Gasteiger charge is -2.26. The first-order valence-corrected chi connectivity index (χ1v) is 15.6. The average Bonchev–Trinajstić information content (AvgIpc) is 3.67. The van der Waals surface area contributed by atoms with Crippen LogP contribution in [0.3, 0.4) is 0 Å². The van der Waals surface area contributed by atoms with Crippen LogP contribution in [0.1, 0.15) is 30.5 Å². The lowest BCUT2D eigenvalue weighted by Crippen LogP contribution is -2.58. The highest BCUT2D eigenvalue weighted by atomic mass is 16.4. The molecule has 4 unspecified atom stereocenters. The smallest absolute Gasteiger partial charge is 0.326 e. The van der Waals surface area contributed by atoms with Crippen molar-refractivity contribution in [1.29, 1.82) is 0 Å². The Morgan fingerprint density at radius 3 is 1.72 bits per heavy atom. The Morgan fingerprint density at radius 2 is 1.15 bits per heavy atom. The summed E-state index contributed by atoms with van der Waals surface area (Å²) in [5, 5.41) is 19.8. The van der Waals surface area contributed by atoms with Crippen LogP contribution in [0.5, 0.6) is 0 Å². The molecule has 0 fully saturated rings. The van der Waals surface area contributed by atoms with Gasteiger partial charge < -0.3 is 36.8 Å². The van der Waals surface area contributed by atoms with Gasteiger partial charge in [-0.15, -0.1) is 0 Å². The number of nitrogens with one attached hydrogen (secondary N) is 5. The Balaban J connectivity index is 1.39. The van der Waals surface area contributed by atoms with E-state index in [-0.39, 0.29) is 19.3 Å². The molecule has 0 spiro atoms. The highest BCUT2D eigenvalue weighted by Gasteiger charge is 2.32. The third-order valence-corrected chi connectivity index (χ3v) is 8.33. The molecule has 3 aromatic carbocycles. The molecule has 0 saturated carbocycles. The minimum absolute atomic E-state index is 0.108. The van der Waals surface area contributed by atoms with Gasteiger partial charge in [0, 0.05) is 47.0 Å². The second-order valence-corrected chi connectivity index (χ2v) is 12.1. The Labute approximate surface area is 272 Å². The van der Waals surface area contributed by atoms with Crippen molar-refractivity contribution >= 4 is 45.5 Å². The van der Waals surface area contributed by atoms with Crippen LogP contribution >= 0.6 is 0 Å². The number of aromatic nitrogens is 2. The van der Waals surface area contributed by atoms with Crippen molar-refractivity contribution in [2.24, 2.45) is 11.7 Å². The molecule has 2 heterocycles. The fourth-order valence-corrected chi connectivity index (χ4v) is 5.74. The van der Waals surface area contributed by atoms with E-state index in [2.05, 4.69) is 25.9 Å². The zero-order valence-electron chi connectivity index (χ0n) is 26.3. The summed E-state index contributed by atoms with van der Waals surface area (Å²) in [5.74, 6) is -3.33. The van der Waals surface area contributed by atoms with Gasteiger partial charge in [0.25, 0.3) is 0 Å². The molecule has 0 bridgehead atoms. The molecule has 5 rings (SSSR count). The van der Waals surface area contributed by atoms with Gasteiger partial charge in [-0.25, -0.2) is 4.79 Å². The van der Waals surface area contributed by atoms with Crippen molar-refractivity contribution in [1.82, 2.24) is 25.9 Å². The van der Waals surface area contributed by atoms with E-state index >= 15 is 0 Å². The number of amides is 3. The fourth-order valence-electron chi connectivity index (χ4n) is 5.74. The van der Waals surface area contributed by atoms with Gasteiger partial charge in [-0.2, -0.15) is 0 Å². The first-order valence-electron chi connectivity index (χ1n) is 15.6. The molecule has 11 heteroatoms. The van der Waals surface area contributed by atoms with Crippen LogP contribution in [-0.4, -0.2) is 62.9 Å².